The Hall–Kier alpha value is -2.24. The van der Waals surface area contributed by atoms with Crippen molar-refractivity contribution < 1.29 is 14.3 Å². The maximum absolute atomic E-state index is 13.1. The van der Waals surface area contributed by atoms with Gasteiger partial charge < -0.3 is 15.0 Å². The van der Waals surface area contributed by atoms with Crippen molar-refractivity contribution in [2.24, 2.45) is 0 Å². The van der Waals surface area contributed by atoms with E-state index in [4.69, 9.17) is 27.9 Å². The smallest absolute Gasteiger partial charge is 0.261 e. The number of hydrogen-bond donors (Lipinski definition) is 1. The molecule has 0 fully saturated rings. The predicted molar refractivity (Wildman–Crippen MR) is 126 cm³/mol. The Morgan fingerprint density at radius 1 is 1.03 bits per heavy atom. The Bertz CT molecular complexity index is 908. The van der Waals surface area contributed by atoms with E-state index >= 15 is 0 Å². The van der Waals surface area contributed by atoms with E-state index in [0.29, 0.717) is 15.8 Å². The fraction of sp³-hybridized carbons (Fsp3) is 0.417. The molecule has 7 heteroatoms. The van der Waals surface area contributed by atoms with Gasteiger partial charge in [-0.15, -0.1) is 0 Å². The highest BCUT2D eigenvalue weighted by atomic mass is 35.5. The van der Waals surface area contributed by atoms with Crippen LogP contribution in [0.2, 0.25) is 10.0 Å². The average Bonchev–Trinajstić information content (AvgIpc) is 2.71. The molecular weight excluding hydrogens is 435 g/mol. The molecule has 0 spiro atoms. The van der Waals surface area contributed by atoms with Gasteiger partial charge in [0.2, 0.25) is 5.91 Å². The van der Waals surface area contributed by atoms with Crippen LogP contribution in [0.3, 0.4) is 0 Å². The highest BCUT2D eigenvalue weighted by molar-refractivity contribution is 6.42. The molecule has 0 aliphatic heterocycles. The first-order valence-electron chi connectivity index (χ1n) is 10.3. The molecular formula is C24H30Cl2N2O3. The second kappa shape index (κ2) is 10.9. The van der Waals surface area contributed by atoms with Crippen molar-refractivity contribution in [3.63, 3.8) is 0 Å². The van der Waals surface area contributed by atoms with Gasteiger partial charge in [0.1, 0.15) is 11.8 Å². The van der Waals surface area contributed by atoms with Gasteiger partial charge in [0, 0.05) is 12.1 Å². The number of benzene rings is 2. The van der Waals surface area contributed by atoms with Gasteiger partial charge in [-0.05, 0) is 69.5 Å². The zero-order valence-electron chi connectivity index (χ0n) is 18.7. The lowest BCUT2D eigenvalue weighted by atomic mass is 10.1. The molecule has 2 rings (SSSR count). The molecule has 168 valence electrons. The highest BCUT2D eigenvalue weighted by Gasteiger charge is 2.28. The first-order chi connectivity index (χ1) is 14.5. The largest absolute Gasteiger partial charge is 0.484 e. The van der Waals surface area contributed by atoms with Crippen LogP contribution in [0.5, 0.6) is 5.75 Å². The maximum atomic E-state index is 13.1. The molecule has 0 radical (unpaired) electrons. The summed E-state index contributed by atoms with van der Waals surface area (Å²) in [5.41, 5.74) is 1.54. The van der Waals surface area contributed by atoms with E-state index < -0.39 is 11.6 Å². The standard InChI is InChI=1S/C24H30Cl2N2O3/c1-6-17-7-10-19(11-8-17)31-15-22(29)28(16(2)23(30)27-24(3,4)5)14-18-9-12-20(25)21(26)13-18/h7-13,16H,6,14-15H2,1-5H3,(H,27,30)/t16-/m0/s1. The molecule has 1 atom stereocenters. The van der Waals surface area contributed by atoms with Gasteiger partial charge in [0.05, 0.1) is 10.0 Å². The third-order valence-electron chi connectivity index (χ3n) is 4.70. The van der Waals surface area contributed by atoms with Crippen LogP contribution in [0.4, 0.5) is 0 Å². The molecule has 0 aliphatic carbocycles. The van der Waals surface area contributed by atoms with E-state index in [9.17, 15) is 9.59 Å². The first kappa shape index (κ1) is 25.0. The molecule has 1 N–H and O–H groups in total. The Morgan fingerprint density at radius 3 is 2.19 bits per heavy atom. The third kappa shape index (κ3) is 7.75. The summed E-state index contributed by atoms with van der Waals surface area (Å²) in [6.45, 7) is 9.48. The minimum Gasteiger partial charge on any atom is -0.484 e. The summed E-state index contributed by atoms with van der Waals surface area (Å²) < 4.78 is 5.69. The second-order valence-electron chi connectivity index (χ2n) is 8.47. The number of nitrogens with one attached hydrogen (secondary N) is 1. The van der Waals surface area contributed by atoms with Crippen molar-refractivity contribution in [1.82, 2.24) is 10.2 Å². The molecule has 0 aromatic heterocycles. The summed E-state index contributed by atoms with van der Waals surface area (Å²) in [5, 5.41) is 3.75. The van der Waals surface area contributed by atoms with Crippen LogP contribution in [0.25, 0.3) is 0 Å². The third-order valence-corrected chi connectivity index (χ3v) is 5.44. The Balaban J connectivity index is 2.18. The van der Waals surface area contributed by atoms with E-state index in [0.717, 1.165) is 12.0 Å². The lowest BCUT2D eigenvalue weighted by Crippen LogP contribution is -2.53. The molecule has 0 saturated carbocycles. The van der Waals surface area contributed by atoms with Gasteiger partial charge in [-0.3, -0.25) is 9.59 Å². The molecule has 0 bridgehead atoms. The monoisotopic (exact) mass is 464 g/mol. The Morgan fingerprint density at radius 2 is 1.65 bits per heavy atom. The summed E-state index contributed by atoms with van der Waals surface area (Å²) >= 11 is 12.1. The summed E-state index contributed by atoms with van der Waals surface area (Å²) in [4.78, 5) is 27.3. The number of hydrogen-bond acceptors (Lipinski definition) is 3. The number of carbonyl (C=O) groups is 2. The number of rotatable bonds is 8. The Labute approximate surface area is 194 Å². The fourth-order valence-corrected chi connectivity index (χ4v) is 3.26. The number of amides is 2. The van der Waals surface area contributed by atoms with Gasteiger partial charge in [-0.25, -0.2) is 0 Å². The molecule has 2 aromatic carbocycles. The van der Waals surface area contributed by atoms with E-state index in [1.807, 2.05) is 45.0 Å². The van der Waals surface area contributed by atoms with E-state index in [-0.39, 0.29) is 25.0 Å². The molecule has 5 nitrogen and oxygen atoms in total. The quantitative estimate of drug-likeness (QED) is 0.578. The van der Waals surface area contributed by atoms with Crippen LogP contribution in [-0.4, -0.2) is 34.9 Å². The van der Waals surface area contributed by atoms with Gasteiger partial charge in [-0.1, -0.05) is 48.3 Å². The van der Waals surface area contributed by atoms with Crippen LogP contribution in [0.1, 0.15) is 45.7 Å². The number of carbonyl (C=O) groups excluding carboxylic acids is 2. The summed E-state index contributed by atoms with van der Waals surface area (Å²) in [6.07, 6.45) is 0.928. The second-order valence-corrected chi connectivity index (χ2v) is 9.29. The zero-order chi connectivity index (χ0) is 23.2. The van der Waals surface area contributed by atoms with E-state index in [2.05, 4.69) is 12.2 Å². The molecule has 2 aromatic rings. The van der Waals surface area contributed by atoms with Crippen LogP contribution >= 0.6 is 23.2 Å². The normalized spacial score (nSPS) is 12.2. The molecule has 0 heterocycles. The van der Waals surface area contributed by atoms with Crippen molar-refractivity contribution in [3.05, 3.63) is 63.6 Å². The first-order valence-corrected chi connectivity index (χ1v) is 11.0. The number of aryl methyl sites for hydroxylation is 1. The van der Waals surface area contributed by atoms with Crippen molar-refractivity contribution in [2.75, 3.05) is 6.61 Å². The van der Waals surface area contributed by atoms with Gasteiger partial charge >= 0.3 is 0 Å². The molecule has 31 heavy (non-hydrogen) atoms. The lowest BCUT2D eigenvalue weighted by Gasteiger charge is -2.31. The predicted octanol–water partition coefficient (Wildman–Crippen LogP) is 5.27. The topological polar surface area (TPSA) is 58.6 Å². The minimum atomic E-state index is -0.702. The number of ether oxygens (including phenoxy) is 1. The SMILES string of the molecule is CCc1ccc(OCC(=O)N(Cc2ccc(Cl)c(Cl)c2)[C@@H](C)C(=O)NC(C)(C)C)cc1. The Kier molecular flexibility index (Phi) is 8.78. The molecule has 2 amide bonds. The zero-order valence-corrected chi connectivity index (χ0v) is 20.2. The highest BCUT2D eigenvalue weighted by Crippen LogP contribution is 2.24. The summed E-state index contributed by atoms with van der Waals surface area (Å²) in [6, 6.07) is 12.1. The van der Waals surface area contributed by atoms with Crippen LogP contribution < -0.4 is 10.1 Å². The van der Waals surface area contributed by atoms with Crippen molar-refractivity contribution in [3.8, 4) is 5.75 Å². The van der Waals surface area contributed by atoms with Crippen molar-refractivity contribution >= 4 is 35.0 Å². The lowest BCUT2D eigenvalue weighted by molar-refractivity contribution is -0.142. The summed E-state index contributed by atoms with van der Waals surface area (Å²) in [5.74, 6) is 0.0576. The number of nitrogens with zero attached hydrogens (tertiary/aromatic N) is 1. The minimum absolute atomic E-state index is 0.181. The van der Waals surface area contributed by atoms with E-state index in [1.165, 1.54) is 10.5 Å². The number of halogens is 2. The van der Waals surface area contributed by atoms with Crippen LogP contribution in [-0.2, 0) is 22.6 Å². The van der Waals surface area contributed by atoms with Gasteiger partial charge in [0.25, 0.3) is 5.91 Å². The van der Waals surface area contributed by atoms with Crippen molar-refractivity contribution in [2.45, 2.75) is 59.2 Å². The maximum Gasteiger partial charge on any atom is 0.261 e. The van der Waals surface area contributed by atoms with Gasteiger partial charge in [-0.2, -0.15) is 0 Å². The van der Waals surface area contributed by atoms with Crippen LogP contribution in [0, 0.1) is 0 Å². The van der Waals surface area contributed by atoms with Crippen LogP contribution in [0.15, 0.2) is 42.5 Å². The molecule has 0 unspecified atom stereocenters. The average molecular weight is 465 g/mol. The van der Waals surface area contributed by atoms with Crippen molar-refractivity contribution in [1.29, 1.82) is 0 Å². The summed E-state index contributed by atoms with van der Waals surface area (Å²) in [7, 11) is 0. The van der Waals surface area contributed by atoms with E-state index in [1.54, 1.807) is 25.1 Å². The molecule has 0 aliphatic rings. The fourth-order valence-electron chi connectivity index (χ4n) is 2.94. The molecule has 0 saturated heterocycles. The van der Waals surface area contributed by atoms with Gasteiger partial charge in [0.15, 0.2) is 6.61 Å².